The van der Waals surface area contributed by atoms with Crippen LogP contribution in [0.5, 0.6) is 0 Å². The van der Waals surface area contributed by atoms with E-state index < -0.39 is 23.1 Å². The Kier molecular flexibility index (Phi) is 33.3. The number of ether oxygens (including phenoxy) is 2. The van der Waals surface area contributed by atoms with Crippen LogP contribution in [-0.2, 0) is 33.4 Å². The largest absolute Gasteiger partial charge is 0.481 e. The molecule has 7 unspecified atom stereocenters. The average Bonchev–Trinajstić information content (AvgIpc) is 3.35. The summed E-state index contributed by atoms with van der Waals surface area (Å²) in [7, 11) is 0. The van der Waals surface area contributed by atoms with Crippen LogP contribution in [-0.4, -0.2) is 177 Å². The first kappa shape index (κ1) is 66.6. The molecule has 0 radical (unpaired) electrons. The van der Waals surface area contributed by atoms with Crippen molar-refractivity contribution < 1.29 is 53.2 Å². The molecule has 7 rings (SSSR count). The average molecular weight is 1040 g/mol. The molecule has 7 fully saturated rings. The molecule has 0 aromatic carbocycles. The van der Waals surface area contributed by atoms with Gasteiger partial charge >= 0.3 is 24.1 Å². The van der Waals surface area contributed by atoms with Crippen LogP contribution in [0.25, 0.3) is 0 Å². The molecule has 7 heterocycles. The maximum absolute atomic E-state index is 11.7. The fourth-order valence-corrected chi connectivity index (χ4v) is 8.40. The van der Waals surface area contributed by atoms with E-state index in [1.165, 1.54) is 12.8 Å². The lowest BCUT2D eigenvalue weighted by atomic mass is 9.98. The van der Waals surface area contributed by atoms with Crippen LogP contribution >= 0.6 is 0 Å². The molecule has 0 aromatic heterocycles. The smallest absolute Gasteiger partial charge is 0.410 e. The first-order valence-corrected chi connectivity index (χ1v) is 26.6. The number of carboxylic acids is 2. The van der Waals surface area contributed by atoms with Crippen LogP contribution in [0.4, 0.5) is 9.59 Å². The number of carboxylic acid groups (broad SMARTS) is 2. The summed E-state index contributed by atoms with van der Waals surface area (Å²) in [6, 6.07) is 0.532. The number of carbonyl (C=O) groups excluding carboxylic acids is 5. The Hall–Kier alpha value is -4.39. The van der Waals surface area contributed by atoms with E-state index in [4.69, 9.17) is 48.4 Å². The highest BCUT2D eigenvalue weighted by molar-refractivity contribution is 5.78. The molecule has 17 N–H and O–H groups in total. The molecule has 0 aromatic rings. The number of primary amides is 3. The van der Waals surface area contributed by atoms with E-state index in [0.717, 1.165) is 136 Å². The Morgan fingerprint density at radius 3 is 0.959 bits per heavy atom. The van der Waals surface area contributed by atoms with Crippen LogP contribution < -0.4 is 55.3 Å². The van der Waals surface area contributed by atoms with E-state index in [1.807, 2.05) is 41.5 Å². The van der Waals surface area contributed by atoms with Gasteiger partial charge in [0.25, 0.3) is 0 Å². The van der Waals surface area contributed by atoms with Crippen molar-refractivity contribution in [3.8, 4) is 0 Å². The fourth-order valence-electron chi connectivity index (χ4n) is 8.40. The molecular weight excluding hydrogens is 945 g/mol. The van der Waals surface area contributed by atoms with Gasteiger partial charge in [0.2, 0.25) is 17.7 Å². The summed E-state index contributed by atoms with van der Waals surface area (Å²) in [5.74, 6) is -2.35. The van der Waals surface area contributed by atoms with Crippen molar-refractivity contribution in [2.24, 2.45) is 58.3 Å². The van der Waals surface area contributed by atoms with E-state index in [0.29, 0.717) is 38.8 Å². The second kappa shape index (κ2) is 36.5. The number of amides is 5. The minimum atomic E-state index is -0.665. The number of piperidine rings is 7. The zero-order valence-electron chi connectivity index (χ0n) is 45.2. The van der Waals surface area contributed by atoms with Gasteiger partial charge in [-0.05, 0) is 164 Å². The van der Waals surface area contributed by atoms with Crippen molar-refractivity contribution in [1.29, 1.82) is 0 Å². The Morgan fingerprint density at radius 1 is 0.425 bits per heavy atom. The van der Waals surface area contributed by atoms with Gasteiger partial charge in [0.15, 0.2) is 0 Å². The maximum Gasteiger partial charge on any atom is 0.410 e. The summed E-state index contributed by atoms with van der Waals surface area (Å²) in [6.45, 7) is 22.5. The first-order chi connectivity index (χ1) is 34.3. The molecule has 0 spiro atoms. The van der Waals surface area contributed by atoms with Crippen molar-refractivity contribution in [2.75, 3.05) is 91.6 Å². The minimum absolute atomic E-state index is 0.0822. The zero-order valence-corrected chi connectivity index (χ0v) is 45.2. The van der Waals surface area contributed by atoms with Crippen LogP contribution in [0.15, 0.2) is 0 Å². The molecule has 7 saturated heterocycles. The molecule has 7 atom stereocenters. The SMILES string of the molecule is CC(C)(C)OC(=O)N1CCCC(C(N)=O)C1.CC(C)(C)OC(=O)N1CCCC(N)C1.NC(=O)C1CCCNC1.NC(=O)C1CCCNC1.NC1CCCNC1.O=C(O)C1CCCNC1.O=C(O)C1CCCNC1. The molecule has 424 valence electrons. The quantitative estimate of drug-likeness (QED) is 0.184. The van der Waals surface area contributed by atoms with Gasteiger partial charge in [-0.1, -0.05) is 0 Å². The molecule has 23 heteroatoms. The van der Waals surface area contributed by atoms with Crippen LogP contribution in [0.2, 0.25) is 0 Å². The molecular formula is C50H98N12O11. The van der Waals surface area contributed by atoms with Gasteiger partial charge in [-0.25, -0.2) is 9.59 Å². The van der Waals surface area contributed by atoms with E-state index in [1.54, 1.807) is 9.80 Å². The van der Waals surface area contributed by atoms with E-state index in [2.05, 4.69) is 26.6 Å². The first-order valence-electron chi connectivity index (χ1n) is 26.6. The Labute approximate surface area is 435 Å². The third-order valence-corrected chi connectivity index (χ3v) is 12.6. The number of hydrogen-bond donors (Lipinski definition) is 12. The van der Waals surface area contributed by atoms with E-state index >= 15 is 0 Å². The number of likely N-dealkylation sites (tertiary alicyclic amines) is 2. The molecule has 7 aliphatic rings. The highest BCUT2D eigenvalue weighted by Crippen LogP contribution is 2.19. The fraction of sp³-hybridized carbons (Fsp3) is 0.860. The predicted octanol–water partition coefficient (Wildman–Crippen LogP) is 1.24. The molecule has 7 aliphatic heterocycles. The third kappa shape index (κ3) is 33.2. The second-order valence-electron chi connectivity index (χ2n) is 21.8. The van der Waals surface area contributed by atoms with Crippen LogP contribution in [0, 0.1) is 29.6 Å². The number of nitrogens with zero attached hydrogens (tertiary/aromatic N) is 2. The van der Waals surface area contributed by atoms with E-state index in [9.17, 15) is 33.6 Å². The van der Waals surface area contributed by atoms with Crippen LogP contribution in [0.1, 0.15) is 131 Å². The monoisotopic (exact) mass is 1040 g/mol. The number of carbonyl (C=O) groups is 7. The molecule has 0 bridgehead atoms. The number of rotatable bonds is 5. The lowest BCUT2D eigenvalue weighted by Crippen LogP contribution is -2.47. The number of aliphatic carboxylic acids is 2. The normalized spacial score (nSPS) is 26.1. The summed E-state index contributed by atoms with van der Waals surface area (Å²) in [5, 5.41) is 32.5. The topological polar surface area (TPSA) is 375 Å². The van der Waals surface area contributed by atoms with Gasteiger partial charge < -0.3 is 84.7 Å². The minimum Gasteiger partial charge on any atom is -0.481 e. The Bertz CT molecular complexity index is 1490. The third-order valence-electron chi connectivity index (χ3n) is 12.6. The lowest BCUT2D eigenvalue weighted by molar-refractivity contribution is -0.143. The number of nitrogens with one attached hydrogen (secondary N) is 5. The second-order valence-corrected chi connectivity index (χ2v) is 21.8. The van der Waals surface area contributed by atoms with E-state index in [-0.39, 0.29) is 65.5 Å². The van der Waals surface area contributed by atoms with Gasteiger partial charge in [-0.2, -0.15) is 0 Å². The number of hydrogen-bond acceptors (Lipinski definition) is 16. The van der Waals surface area contributed by atoms with Gasteiger partial charge in [0, 0.05) is 71.0 Å². The summed E-state index contributed by atoms with van der Waals surface area (Å²) in [5.41, 5.74) is 25.8. The molecule has 5 amide bonds. The summed E-state index contributed by atoms with van der Waals surface area (Å²) in [6.07, 6.45) is 13.1. The highest BCUT2D eigenvalue weighted by atomic mass is 16.6. The molecule has 73 heavy (non-hydrogen) atoms. The lowest BCUT2D eigenvalue weighted by Gasteiger charge is -2.32. The van der Waals surface area contributed by atoms with Crippen LogP contribution in [0.3, 0.4) is 0 Å². The Morgan fingerprint density at radius 2 is 0.726 bits per heavy atom. The maximum atomic E-state index is 11.7. The van der Waals surface area contributed by atoms with Crippen molar-refractivity contribution in [3.63, 3.8) is 0 Å². The standard InChI is InChI=1S/C11H20N2O3.C10H20N2O2.2C6H12N2O.2C6H11NO2.C5H12N2/c1-11(2,3)16-10(15)13-6-4-5-8(7-13)9(12)14;1-10(2,3)14-9(13)12-6-4-5-8(11)7-12;2*7-6(9)5-2-1-3-8-4-5;2*8-6(9)5-2-1-3-7-4-5;6-5-2-1-3-7-4-5/h8H,4-7H2,1-3H3,(H2,12,14);8H,4-7,11H2,1-3H3;2*5,8H,1-4H2,(H2,7,9);2*5,7H,1-4H2,(H,8,9);5,7H,1-4,6H2. The molecule has 0 saturated carbocycles. The van der Waals surface area contributed by atoms with Crippen molar-refractivity contribution in [1.82, 2.24) is 36.4 Å². The summed E-state index contributed by atoms with van der Waals surface area (Å²) < 4.78 is 10.5. The van der Waals surface area contributed by atoms with Gasteiger partial charge in [-0.15, -0.1) is 0 Å². The van der Waals surface area contributed by atoms with Crippen molar-refractivity contribution in [3.05, 3.63) is 0 Å². The Balaban J connectivity index is 0.000000433. The summed E-state index contributed by atoms with van der Waals surface area (Å²) in [4.78, 5) is 79.3. The summed E-state index contributed by atoms with van der Waals surface area (Å²) >= 11 is 0. The van der Waals surface area contributed by atoms with Crippen molar-refractivity contribution >= 4 is 41.8 Å². The zero-order chi connectivity index (χ0) is 55.0. The molecule has 23 nitrogen and oxygen atoms in total. The van der Waals surface area contributed by atoms with Gasteiger partial charge in [-0.3, -0.25) is 24.0 Å². The van der Waals surface area contributed by atoms with Gasteiger partial charge in [0.05, 0.1) is 29.6 Å². The van der Waals surface area contributed by atoms with Crippen molar-refractivity contribution in [2.45, 2.75) is 155 Å². The predicted molar refractivity (Wildman–Crippen MR) is 281 cm³/mol. The van der Waals surface area contributed by atoms with Gasteiger partial charge in [0.1, 0.15) is 11.2 Å². The number of nitrogens with two attached hydrogens (primary N) is 5. The highest BCUT2D eigenvalue weighted by Gasteiger charge is 2.30. The molecule has 0 aliphatic carbocycles.